The van der Waals surface area contributed by atoms with Crippen molar-refractivity contribution in [2.24, 2.45) is 5.10 Å². The predicted molar refractivity (Wildman–Crippen MR) is 93.1 cm³/mol. The maximum Gasteiger partial charge on any atom is 0.280 e. The number of hydrazone groups is 1. The molecule has 0 heterocycles. The van der Waals surface area contributed by atoms with Crippen molar-refractivity contribution >= 4 is 39.7 Å². The third-order valence-corrected chi connectivity index (χ3v) is 3.61. The molecule has 0 saturated carbocycles. The Balaban J connectivity index is 1.92. The molecule has 2 aromatic rings. The van der Waals surface area contributed by atoms with Gasteiger partial charge < -0.3 is 9.84 Å². The lowest BCUT2D eigenvalue weighted by Gasteiger charge is -2.12. The van der Waals surface area contributed by atoms with Gasteiger partial charge in [-0.1, -0.05) is 27.5 Å². The summed E-state index contributed by atoms with van der Waals surface area (Å²) in [6, 6.07) is 11.6. The van der Waals surface area contributed by atoms with E-state index in [1.54, 1.807) is 43.3 Å². The predicted octanol–water partition coefficient (Wildman–Crippen LogP) is 3.73. The fourth-order valence-corrected chi connectivity index (χ4v) is 2.16. The number of carbonyl (C=O) groups excluding carboxylic acids is 1. The minimum atomic E-state index is -0.732. The van der Waals surface area contributed by atoms with Crippen molar-refractivity contribution in [3.05, 3.63) is 57.5 Å². The zero-order valence-corrected chi connectivity index (χ0v) is 14.5. The topological polar surface area (TPSA) is 70.9 Å². The van der Waals surface area contributed by atoms with Crippen LogP contribution in [0.25, 0.3) is 0 Å². The third kappa shape index (κ3) is 5.26. The normalized spacial score (nSPS) is 12.1. The molecule has 0 aliphatic heterocycles. The average Bonchev–Trinajstić information content (AvgIpc) is 2.52. The Labute approximate surface area is 147 Å². The van der Waals surface area contributed by atoms with Gasteiger partial charge in [0.25, 0.3) is 5.91 Å². The van der Waals surface area contributed by atoms with Crippen LogP contribution in [0.5, 0.6) is 11.5 Å². The Kier molecular flexibility index (Phi) is 6.01. The number of nitrogens with one attached hydrogen (secondary N) is 1. The van der Waals surface area contributed by atoms with Gasteiger partial charge in [0.2, 0.25) is 0 Å². The van der Waals surface area contributed by atoms with Gasteiger partial charge >= 0.3 is 0 Å². The third-order valence-electron chi connectivity index (χ3n) is 2.86. The molecule has 7 heteroatoms. The van der Waals surface area contributed by atoms with E-state index in [0.717, 1.165) is 4.47 Å². The number of hydrogen-bond donors (Lipinski definition) is 2. The highest BCUT2D eigenvalue weighted by Gasteiger charge is 2.13. The number of amides is 1. The largest absolute Gasteiger partial charge is 0.507 e. The van der Waals surface area contributed by atoms with E-state index in [2.05, 4.69) is 26.5 Å². The van der Waals surface area contributed by atoms with Crippen LogP contribution in [0.1, 0.15) is 12.5 Å². The number of benzene rings is 2. The number of nitrogens with zero attached hydrogens (tertiary/aromatic N) is 1. The van der Waals surface area contributed by atoms with Crippen molar-refractivity contribution in [2.45, 2.75) is 13.0 Å². The van der Waals surface area contributed by atoms with Gasteiger partial charge in [0.15, 0.2) is 6.10 Å². The van der Waals surface area contributed by atoms with Crippen molar-refractivity contribution in [2.75, 3.05) is 0 Å². The summed E-state index contributed by atoms with van der Waals surface area (Å²) in [5.41, 5.74) is 2.84. The molecule has 0 radical (unpaired) electrons. The molecule has 1 atom stereocenters. The van der Waals surface area contributed by atoms with Crippen LogP contribution in [0.2, 0.25) is 5.02 Å². The number of aromatic hydroxyl groups is 1. The molecule has 2 rings (SSSR count). The number of halogens is 2. The second-order valence-electron chi connectivity index (χ2n) is 4.65. The van der Waals surface area contributed by atoms with Crippen LogP contribution in [0.3, 0.4) is 0 Å². The molecule has 0 aromatic heterocycles. The lowest BCUT2D eigenvalue weighted by atomic mass is 10.2. The quantitative estimate of drug-likeness (QED) is 0.596. The van der Waals surface area contributed by atoms with E-state index in [9.17, 15) is 9.90 Å². The fourth-order valence-electron chi connectivity index (χ4n) is 1.66. The second kappa shape index (κ2) is 7.99. The van der Waals surface area contributed by atoms with Gasteiger partial charge in [0.05, 0.1) is 6.21 Å². The van der Waals surface area contributed by atoms with E-state index in [4.69, 9.17) is 16.3 Å². The van der Waals surface area contributed by atoms with E-state index in [1.807, 2.05) is 0 Å². The molecule has 23 heavy (non-hydrogen) atoms. The van der Waals surface area contributed by atoms with Gasteiger partial charge in [-0.2, -0.15) is 5.10 Å². The van der Waals surface area contributed by atoms with Gasteiger partial charge in [-0.05, 0) is 49.4 Å². The number of rotatable bonds is 5. The summed E-state index contributed by atoms with van der Waals surface area (Å²) < 4.78 is 6.27. The number of phenolic OH excluding ortho intramolecular Hbond substituents is 1. The van der Waals surface area contributed by atoms with Crippen LogP contribution >= 0.6 is 27.5 Å². The van der Waals surface area contributed by atoms with E-state index in [0.29, 0.717) is 16.3 Å². The van der Waals surface area contributed by atoms with Gasteiger partial charge in [-0.15, -0.1) is 0 Å². The Morgan fingerprint density at radius 2 is 2.04 bits per heavy atom. The molecule has 0 fully saturated rings. The van der Waals surface area contributed by atoms with Crippen LogP contribution in [-0.2, 0) is 4.79 Å². The standard InChI is InChI=1S/C16H14BrClN2O3/c1-10(23-14-5-3-13(18)4-6-14)16(22)20-19-9-11-8-12(17)2-7-15(11)21/h2-10,21H,1H3,(H,20,22)/b19-9-/t10-/m1/s1. The average molecular weight is 398 g/mol. The summed E-state index contributed by atoms with van der Waals surface area (Å²) in [4.78, 5) is 11.9. The highest BCUT2D eigenvalue weighted by atomic mass is 79.9. The Morgan fingerprint density at radius 3 is 2.74 bits per heavy atom. The molecule has 0 aliphatic rings. The summed E-state index contributed by atoms with van der Waals surface area (Å²) in [5, 5.41) is 14.1. The van der Waals surface area contributed by atoms with Gasteiger partial charge in [-0.25, -0.2) is 5.43 Å². The first-order chi connectivity index (χ1) is 11.0. The zero-order chi connectivity index (χ0) is 16.8. The lowest BCUT2D eigenvalue weighted by Crippen LogP contribution is -2.33. The molecular weight excluding hydrogens is 384 g/mol. The maximum absolute atomic E-state index is 11.9. The van der Waals surface area contributed by atoms with E-state index in [1.165, 1.54) is 12.3 Å². The van der Waals surface area contributed by atoms with Gasteiger partial charge in [-0.3, -0.25) is 4.79 Å². The molecule has 0 spiro atoms. The Bertz CT molecular complexity index is 720. The van der Waals surface area contributed by atoms with Crippen molar-refractivity contribution in [3.8, 4) is 11.5 Å². The molecule has 2 aromatic carbocycles. The van der Waals surface area contributed by atoms with Crippen molar-refractivity contribution in [1.82, 2.24) is 5.43 Å². The summed E-state index contributed by atoms with van der Waals surface area (Å²) in [7, 11) is 0. The minimum absolute atomic E-state index is 0.0664. The first-order valence-electron chi connectivity index (χ1n) is 6.69. The zero-order valence-electron chi connectivity index (χ0n) is 12.2. The molecule has 0 bridgehead atoms. The highest BCUT2D eigenvalue weighted by molar-refractivity contribution is 9.10. The van der Waals surface area contributed by atoms with E-state index >= 15 is 0 Å². The Morgan fingerprint density at radius 1 is 1.35 bits per heavy atom. The number of phenols is 1. The summed E-state index contributed by atoms with van der Waals surface area (Å²) >= 11 is 9.08. The van der Waals surface area contributed by atoms with Crippen LogP contribution in [0.4, 0.5) is 0 Å². The first kappa shape index (κ1) is 17.3. The summed E-state index contributed by atoms with van der Waals surface area (Å²) in [5.74, 6) is 0.188. The number of ether oxygens (including phenoxy) is 1. The summed E-state index contributed by atoms with van der Waals surface area (Å²) in [6.07, 6.45) is 0.622. The van der Waals surface area contributed by atoms with E-state index in [-0.39, 0.29) is 5.75 Å². The molecule has 120 valence electrons. The monoisotopic (exact) mass is 396 g/mol. The summed E-state index contributed by atoms with van der Waals surface area (Å²) in [6.45, 7) is 1.61. The van der Waals surface area contributed by atoms with Crippen LogP contribution in [0.15, 0.2) is 52.0 Å². The van der Waals surface area contributed by atoms with Gasteiger partial charge in [0, 0.05) is 15.1 Å². The second-order valence-corrected chi connectivity index (χ2v) is 6.00. The van der Waals surface area contributed by atoms with Crippen LogP contribution in [0, 0.1) is 0 Å². The van der Waals surface area contributed by atoms with Crippen LogP contribution < -0.4 is 10.2 Å². The SMILES string of the molecule is C[C@@H](Oc1ccc(Cl)cc1)C(=O)N/N=C\c1cc(Br)ccc1O. The van der Waals surface area contributed by atoms with E-state index < -0.39 is 12.0 Å². The number of hydrogen-bond acceptors (Lipinski definition) is 4. The first-order valence-corrected chi connectivity index (χ1v) is 7.86. The van der Waals surface area contributed by atoms with Gasteiger partial charge in [0.1, 0.15) is 11.5 Å². The Hall–Kier alpha value is -2.05. The molecule has 1 amide bonds. The highest BCUT2D eigenvalue weighted by Crippen LogP contribution is 2.20. The van der Waals surface area contributed by atoms with Crippen molar-refractivity contribution < 1.29 is 14.6 Å². The molecule has 0 saturated heterocycles. The molecule has 2 N–H and O–H groups in total. The molecule has 5 nitrogen and oxygen atoms in total. The minimum Gasteiger partial charge on any atom is -0.507 e. The van der Waals surface area contributed by atoms with Crippen molar-refractivity contribution in [3.63, 3.8) is 0 Å². The lowest BCUT2D eigenvalue weighted by molar-refractivity contribution is -0.127. The number of carbonyl (C=O) groups is 1. The van der Waals surface area contributed by atoms with Crippen LogP contribution in [-0.4, -0.2) is 23.3 Å². The van der Waals surface area contributed by atoms with Crippen molar-refractivity contribution in [1.29, 1.82) is 0 Å². The maximum atomic E-state index is 11.9. The molecule has 0 aliphatic carbocycles. The fraction of sp³-hybridized carbons (Fsp3) is 0.125. The smallest absolute Gasteiger partial charge is 0.280 e. The molecular formula is C16H14BrClN2O3. The molecule has 0 unspecified atom stereocenters.